The average molecular weight is 407 g/mol. The third-order valence-electron chi connectivity index (χ3n) is 3.69. The Bertz CT molecular complexity index is 910. The van der Waals surface area contributed by atoms with Gasteiger partial charge >= 0.3 is 0 Å². The first-order valence-corrected chi connectivity index (χ1v) is 9.05. The van der Waals surface area contributed by atoms with E-state index >= 15 is 0 Å². The average Bonchev–Trinajstić information content (AvgIpc) is 3.24. The predicted octanol–water partition coefficient (Wildman–Crippen LogP) is 3.29. The number of amides is 3. The van der Waals surface area contributed by atoms with E-state index in [9.17, 15) is 14.4 Å². The molecule has 0 bridgehead atoms. The van der Waals surface area contributed by atoms with Crippen LogP contribution in [0.1, 0.15) is 11.3 Å². The Morgan fingerprint density at radius 3 is 2.85 bits per heavy atom. The number of nitrogens with one attached hydrogen (secondary N) is 1. The molecule has 27 heavy (non-hydrogen) atoms. The van der Waals surface area contributed by atoms with Gasteiger partial charge in [-0.2, -0.15) is 0 Å². The first-order chi connectivity index (χ1) is 13.0. The van der Waals surface area contributed by atoms with Crippen LogP contribution in [-0.4, -0.2) is 35.6 Å². The second kappa shape index (κ2) is 8.32. The van der Waals surface area contributed by atoms with Crippen LogP contribution in [0.5, 0.6) is 5.75 Å². The number of methoxy groups -OCH3 is 1. The summed E-state index contributed by atoms with van der Waals surface area (Å²) in [7, 11) is 1.50. The summed E-state index contributed by atoms with van der Waals surface area (Å²) in [5.41, 5.74) is 0.647. The number of furan rings is 1. The summed E-state index contributed by atoms with van der Waals surface area (Å²) in [6, 6.07) is 8.43. The monoisotopic (exact) mass is 406 g/mol. The maximum absolute atomic E-state index is 12.5. The van der Waals surface area contributed by atoms with Crippen LogP contribution in [0.2, 0.25) is 5.02 Å². The van der Waals surface area contributed by atoms with Gasteiger partial charge in [-0.15, -0.1) is 0 Å². The van der Waals surface area contributed by atoms with E-state index in [1.807, 2.05) is 0 Å². The summed E-state index contributed by atoms with van der Waals surface area (Å²) in [5.74, 6) is 0.108. The van der Waals surface area contributed by atoms with E-state index < -0.39 is 17.1 Å². The lowest BCUT2D eigenvalue weighted by atomic mass is 10.2. The van der Waals surface area contributed by atoms with E-state index in [0.29, 0.717) is 22.1 Å². The van der Waals surface area contributed by atoms with E-state index in [-0.39, 0.29) is 18.0 Å². The lowest BCUT2D eigenvalue weighted by molar-refractivity contribution is -0.129. The molecule has 1 saturated heterocycles. The Labute approximate surface area is 164 Å². The first-order valence-electron chi connectivity index (χ1n) is 7.86. The zero-order chi connectivity index (χ0) is 19.4. The molecule has 0 radical (unpaired) electrons. The number of carbonyl (C=O) groups is 3. The molecule has 1 fully saturated rings. The summed E-state index contributed by atoms with van der Waals surface area (Å²) in [6.07, 6.45) is 3.05. The number of hydrogen-bond donors (Lipinski definition) is 1. The van der Waals surface area contributed by atoms with Crippen LogP contribution in [0, 0.1) is 0 Å². The van der Waals surface area contributed by atoms with Gasteiger partial charge in [0.1, 0.15) is 18.1 Å². The molecule has 2 heterocycles. The number of thioether (sulfide) groups is 1. The van der Waals surface area contributed by atoms with Crippen molar-refractivity contribution < 1.29 is 23.5 Å². The number of carbonyl (C=O) groups excluding carboxylic acids is 3. The highest BCUT2D eigenvalue weighted by Crippen LogP contribution is 2.33. The van der Waals surface area contributed by atoms with Crippen molar-refractivity contribution in [2.24, 2.45) is 0 Å². The fourth-order valence-corrected chi connectivity index (χ4v) is 3.46. The number of nitrogens with zero attached hydrogens (tertiary/aromatic N) is 1. The topological polar surface area (TPSA) is 88.8 Å². The molecule has 140 valence electrons. The quantitative estimate of drug-likeness (QED) is 0.740. The van der Waals surface area contributed by atoms with Gasteiger partial charge in [0.05, 0.1) is 29.8 Å². The molecule has 1 aliphatic rings. The Morgan fingerprint density at radius 2 is 2.19 bits per heavy atom. The lowest BCUT2D eigenvalue weighted by Gasteiger charge is -2.11. The van der Waals surface area contributed by atoms with Gasteiger partial charge in [-0.25, -0.2) is 0 Å². The molecule has 3 rings (SSSR count). The van der Waals surface area contributed by atoms with Gasteiger partial charge in [0.15, 0.2) is 0 Å². The fourth-order valence-electron chi connectivity index (χ4n) is 2.36. The van der Waals surface area contributed by atoms with E-state index in [4.69, 9.17) is 20.8 Å². The molecule has 1 aromatic heterocycles. The molecular formula is C18H15ClN2O5S. The maximum Gasteiger partial charge on any atom is 0.294 e. The number of hydrogen-bond acceptors (Lipinski definition) is 6. The normalized spacial score (nSPS) is 15.5. The molecule has 9 heteroatoms. The van der Waals surface area contributed by atoms with Crippen molar-refractivity contribution in [2.75, 3.05) is 13.7 Å². The molecule has 2 aromatic rings. The van der Waals surface area contributed by atoms with E-state index in [1.54, 1.807) is 36.4 Å². The molecule has 0 spiro atoms. The minimum Gasteiger partial charge on any atom is -0.495 e. The number of halogens is 1. The van der Waals surface area contributed by atoms with Crippen molar-refractivity contribution in [1.29, 1.82) is 0 Å². The van der Waals surface area contributed by atoms with Crippen molar-refractivity contribution in [1.82, 2.24) is 10.2 Å². The summed E-state index contributed by atoms with van der Waals surface area (Å²) in [5, 5.41) is 2.49. The molecule has 0 saturated carbocycles. The SMILES string of the molecule is COc1ccc(/C=C2\SC(=O)N(CC(=O)NCc3ccco3)C2=O)cc1Cl. The summed E-state index contributed by atoms with van der Waals surface area (Å²) < 4.78 is 10.2. The Morgan fingerprint density at radius 1 is 1.37 bits per heavy atom. The van der Waals surface area contributed by atoms with Crippen LogP contribution in [0.3, 0.4) is 0 Å². The van der Waals surface area contributed by atoms with E-state index in [2.05, 4.69) is 5.32 Å². The second-order valence-electron chi connectivity index (χ2n) is 5.52. The van der Waals surface area contributed by atoms with Gasteiger partial charge in [0.2, 0.25) is 5.91 Å². The summed E-state index contributed by atoms with van der Waals surface area (Å²) in [4.78, 5) is 37.7. The maximum atomic E-state index is 12.5. The Balaban J connectivity index is 1.65. The Kier molecular flexibility index (Phi) is 5.88. The summed E-state index contributed by atoms with van der Waals surface area (Å²) >= 11 is 6.85. The largest absolute Gasteiger partial charge is 0.495 e. The molecule has 0 unspecified atom stereocenters. The number of benzene rings is 1. The third-order valence-corrected chi connectivity index (χ3v) is 4.89. The minimum atomic E-state index is -0.523. The van der Waals surface area contributed by atoms with Crippen molar-refractivity contribution in [3.8, 4) is 5.75 Å². The first kappa shape index (κ1) is 19.1. The second-order valence-corrected chi connectivity index (χ2v) is 6.92. The van der Waals surface area contributed by atoms with Gasteiger partial charge < -0.3 is 14.5 Å². The smallest absolute Gasteiger partial charge is 0.294 e. The van der Waals surface area contributed by atoms with Crippen LogP contribution in [0.4, 0.5) is 4.79 Å². The van der Waals surface area contributed by atoms with Crippen LogP contribution >= 0.6 is 23.4 Å². The highest BCUT2D eigenvalue weighted by atomic mass is 35.5. The molecule has 3 amide bonds. The lowest BCUT2D eigenvalue weighted by Crippen LogP contribution is -2.39. The molecule has 0 atom stereocenters. The fraction of sp³-hybridized carbons (Fsp3) is 0.167. The predicted molar refractivity (Wildman–Crippen MR) is 101 cm³/mol. The Hall–Kier alpha value is -2.71. The molecule has 1 N–H and O–H groups in total. The highest BCUT2D eigenvalue weighted by Gasteiger charge is 2.36. The van der Waals surface area contributed by atoms with Crippen LogP contribution in [-0.2, 0) is 16.1 Å². The number of rotatable bonds is 6. The van der Waals surface area contributed by atoms with Crippen molar-refractivity contribution in [3.05, 3.63) is 57.8 Å². The third kappa shape index (κ3) is 4.53. The van der Waals surface area contributed by atoms with Gasteiger partial charge in [-0.3, -0.25) is 19.3 Å². The zero-order valence-corrected chi connectivity index (χ0v) is 15.8. The van der Waals surface area contributed by atoms with E-state index in [1.165, 1.54) is 13.4 Å². The van der Waals surface area contributed by atoms with Gasteiger partial charge in [-0.05, 0) is 47.7 Å². The van der Waals surface area contributed by atoms with Crippen LogP contribution in [0.25, 0.3) is 6.08 Å². The number of imide groups is 1. The van der Waals surface area contributed by atoms with Crippen molar-refractivity contribution >= 4 is 46.5 Å². The molecule has 1 aromatic carbocycles. The van der Waals surface area contributed by atoms with Gasteiger partial charge in [-0.1, -0.05) is 17.7 Å². The van der Waals surface area contributed by atoms with Crippen molar-refractivity contribution in [2.45, 2.75) is 6.54 Å². The van der Waals surface area contributed by atoms with Crippen LogP contribution in [0.15, 0.2) is 45.9 Å². The van der Waals surface area contributed by atoms with Crippen molar-refractivity contribution in [3.63, 3.8) is 0 Å². The zero-order valence-electron chi connectivity index (χ0n) is 14.2. The highest BCUT2D eigenvalue weighted by molar-refractivity contribution is 8.18. The molecular weight excluding hydrogens is 392 g/mol. The number of ether oxygens (including phenoxy) is 1. The van der Waals surface area contributed by atoms with Crippen LogP contribution < -0.4 is 10.1 Å². The van der Waals surface area contributed by atoms with E-state index in [0.717, 1.165) is 16.7 Å². The standard InChI is InChI=1S/C18H15ClN2O5S/c1-25-14-5-4-11(7-13(14)19)8-15-17(23)21(18(24)27-15)10-16(22)20-9-12-3-2-6-26-12/h2-8H,9-10H2,1H3,(H,20,22)/b15-8-. The van der Waals surface area contributed by atoms with Gasteiger partial charge in [0.25, 0.3) is 11.1 Å². The van der Waals surface area contributed by atoms with Gasteiger partial charge in [0, 0.05) is 0 Å². The molecule has 0 aliphatic carbocycles. The summed E-state index contributed by atoms with van der Waals surface area (Å²) in [6.45, 7) is -0.172. The molecule has 1 aliphatic heterocycles. The molecule has 7 nitrogen and oxygen atoms in total. The minimum absolute atomic E-state index is 0.183.